The summed E-state index contributed by atoms with van der Waals surface area (Å²) in [4.78, 5) is 1.04. The van der Waals surface area contributed by atoms with Gasteiger partial charge in [-0.15, -0.1) is 5.10 Å². The minimum atomic E-state index is 0.490. The molecule has 0 spiro atoms. The van der Waals surface area contributed by atoms with Crippen LogP contribution in [0.1, 0.15) is 16.0 Å². The van der Waals surface area contributed by atoms with Crippen molar-refractivity contribution < 1.29 is 0 Å². The molecule has 0 saturated heterocycles. The van der Waals surface area contributed by atoms with E-state index in [1.54, 1.807) is 0 Å². The molecule has 0 bridgehead atoms. The standard InChI is InChI=1S/C16H13N3S/c17-9-15-16(18-19-20-15)11-5-6-14-12(8-11)7-10-3-1-2-4-13(10)14/h1-6,8H,7,9,17H2. The normalized spacial score (nSPS) is 12.2. The van der Waals surface area contributed by atoms with Gasteiger partial charge in [0.2, 0.25) is 0 Å². The van der Waals surface area contributed by atoms with Gasteiger partial charge in [0, 0.05) is 12.1 Å². The summed E-state index contributed by atoms with van der Waals surface area (Å²) in [6.45, 7) is 0.490. The van der Waals surface area contributed by atoms with Gasteiger partial charge in [-0.3, -0.25) is 0 Å². The Hall–Kier alpha value is -2.04. The molecule has 4 heteroatoms. The highest BCUT2D eigenvalue weighted by atomic mass is 32.1. The highest BCUT2D eigenvalue weighted by molar-refractivity contribution is 7.05. The lowest BCUT2D eigenvalue weighted by Crippen LogP contribution is -1.96. The van der Waals surface area contributed by atoms with Crippen molar-refractivity contribution >= 4 is 11.5 Å². The van der Waals surface area contributed by atoms with Gasteiger partial charge in [-0.25, -0.2) is 0 Å². The van der Waals surface area contributed by atoms with Gasteiger partial charge in [0.05, 0.1) is 4.88 Å². The van der Waals surface area contributed by atoms with Crippen molar-refractivity contribution in [3.63, 3.8) is 0 Å². The lowest BCUT2D eigenvalue weighted by Gasteiger charge is -2.04. The minimum Gasteiger partial charge on any atom is -0.326 e. The Bertz CT molecular complexity index is 792. The third-order valence-electron chi connectivity index (χ3n) is 3.81. The van der Waals surface area contributed by atoms with Crippen LogP contribution in [0.15, 0.2) is 42.5 Å². The quantitative estimate of drug-likeness (QED) is 0.613. The maximum Gasteiger partial charge on any atom is 0.110 e. The first-order valence-electron chi connectivity index (χ1n) is 6.59. The average molecular weight is 279 g/mol. The van der Waals surface area contributed by atoms with Crippen molar-refractivity contribution in [2.45, 2.75) is 13.0 Å². The van der Waals surface area contributed by atoms with Crippen LogP contribution in [0.25, 0.3) is 22.4 Å². The van der Waals surface area contributed by atoms with Crippen LogP contribution in [0.5, 0.6) is 0 Å². The summed E-state index contributed by atoms with van der Waals surface area (Å²) >= 11 is 1.38. The van der Waals surface area contributed by atoms with Crippen LogP contribution in [-0.4, -0.2) is 9.59 Å². The zero-order valence-electron chi connectivity index (χ0n) is 10.8. The van der Waals surface area contributed by atoms with Crippen LogP contribution in [0.3, 0.4) is 0 Å². The first-order chi connectivity index (χ1) is 9.86. The van der Waals surface area contributed by atoms with Crippen LogP contribution in [0.2, 0.25) is 0 Å². The Kier molecular flexibility index (Phi) is 2.65. The molecule has 1 aromatic heterocycles. The summed E-state index contributed by atoms with van der Waals surface area (Å²) in [5, 5.41) is 4.22. The molecule has 1 aliphatic carbocycles. The van der Waals surface area contributed by atoms with Crippen molar-refractivity contribution in [1.82, 2.24) is 9.59 Å². The fourth-order valence-corrected chi connectivity index (χ4v) is 3.40. The zero-order valence-corrected chi connectivity index (χ0v) is 11.7. The number of hydrogen-bond acceptors (Lipinski definition) is 4. The molecule has 2 aromatic carbocycles. The summed E-state index contributed by atoms with van der Waals surface area (Å²) in [5.74, 6) is 0. The fraction of sp³-hybridized carbons (Fsp3) is 0.125. The first kappa shape index (κ1) is 11.8. The molecule has 3 aromatic rings. The Morgan fingerprint density at radius 3 is 2.80 bits per heavy atom. The maximum atomic E-state index is 5.74. The molecule has 1 heterocycles. The fourth-order valence-electron chi connectivity index (χ4n) is 2.85. The Balaban J connectivity index is 1.83. The van der Waals surface area contributed by atoms with E-state index in [0.29, 0.717) is 6.54 Å². The van der Waals surface area contributed by atoms with Gasteiger partial charge in [-0.2, -0.15) is 0 Å². The van der Waals surface area contributed by atoms with Crippen LogP contribution < -0.4 is 5.73 Å². The number of benzene rings is 2. The first-order valence-corrected chi connectivity index (χ1v) is 7.37. The number of nitrogens with zero attached hydrogens (tertiary/aromatic N) is 2. The van der Waals surface area contributed by atoms with E-state index in [0.717, 1.165) is 22.6 Å². The maximum absolute atomic E-state index is 5.74. The van der Waals surface area contributed by atoms with Crippen molar-refractivity contribution in [1.29, 1.82) is 0 Å². The third-order valence-corrected chi connectivity index (χ3v) is 4.55. The van der Waals surface area contributed by atoms with Crippen molar-refractivity contribution in [3.8, 4) is 22.4 Å². The lowest BCUT2D eigenvalue weighted by atomic mass is 10.0. The third kappa shape index (κ3) is 1.69. The van der Waals surface area contributed by atoms with E-state index in [1.165, 1.54) is 33.8 Å². The summed E-state index contributed by atoms with van der Waals surface area (Å²) in [7, 11) is 0. The molecule has 0 aliphatic heterocycles. The van der Waals surface area contributed by atoms with Gasteiger partial charge in [-0.05, 0) is 46.3 Å². The summed E-state index contributed by atoms with van der Waals surface area (Å²) in [5.41, 5.74) is 13.2. The second kappa shape index (κ2) is 4.51. The topological polar surface area (TPSA) is 51.8 Å². The van der Waals surface area contributed by atoms with E-state index in [4.69, 9.17) is 5.73 Å². The Morgan fingerprint density at radius 1 is 1.05 bits per heavy atom. The minimum absolute atomic E-state index is 0.490. The van der Waals surface area contributed by atoms with Crippen LogP contribution in [0, 0.1) is 0 Å². The summed E-state index contributed by atoms with van der Waals surface area (Å²) < 4.78 is 4.01. The van der Waals surface area contributed by atoms with Crippen molar-refractivity contribution in [3.05, 3.63) is 58.5 Å². The molecule has 2 N–H and O–H groups in total. The van der Waals surface area contributed by atoms with Gasteiger partial charge in [0.25, 0.3) is 0 Å². The predicted molar refractivity (Wildman–Crippen MR) is 81.5 cm³/mol. The smallest absolute Gasteiger partial charge is 0.110 e. The highest BCUT2D eigenvalue weighted by Gasteiger charge is 2.19. The van der Waals surface area contributed by atoms with E-state index in [9.17, 15) is 0 Å². The molecule has 98 valence electrons. The average Bonchev–Trinajstić information content (AvgIpc) is 3.10. The zero-order chi connectivity index (χ0) is 13.5. The molecule has 0 fully saturated rings. The van der Waals surface area contributed by atoms with Crippen molar-refractivity contribution in [2.24, 2.45) is 5.73 Å². The second-order valence-corrected chi connectivity index (χ2v) is 5.79. The molecule has 3 nitrogen and oxygen atoms in total. The highest BCUT2D eigenvalue weighted by Crippen LogP contribution is 2.38. The number of hydrogen-bond donors (Lipinski definition) is 1. The number of rotatable bonds is 2. The Morgan fingerprint density at radius 2 is 1.90 bits per heavy atom. The van der Waals surface area contributed by atoms with Gasteiger partial charge in [-0.1, -0.05) is 40.9 Å². The molecule has 0 saturated carbocycles. The van der Waals surface area contributed by atoms with Gasteiger partial charge >= 0.3 is 0 Å². The van der Waals surface area contributed by atoms with Crippen LogP contribution >= 0.6 is 11.5 Å². The molecule has 0 amide bonds. The molecule has 4 rings (SSSR count). The summed E-state index contributed by atoms with van der Waals surface area (Å²) in [6.07, 6.45) is 0.995. The van der Waals surface area contributed by atoms with Gasteiger partial charge in [0.15, 0.2) is 0 Å². The lowest BCUT2D eigenvalue weighted by molar-refractivity contribution is 1.08. The predicted octanol–water partition coefficient (Wildman–Crippen LogP) is 3.24. The van der Waals surface area contributed by atoms with E-state index in [-0.39, 0.29) is 0 Å². The molecule has 0 atom stereocenters. The summed E-state index contributed by atoms with van der Waals surface area (Å²) in [6, 6.07) is 15.1. The molecular formula is C16H13N3S. The van der Waals surface area contributed by atoms with Crippen LogP contribution in [0.4, 0.5) is 0 Å². The molecule has 20 heavy (non-hydrogen) atoms. The molecule has 0 unspecified atom stereocenters. The van der Waals surface area contributed by atoms with Gasteiger partial charge < -0.3 is 5.73 Å². The van der Waals surface area contributed by atoms with E-state index < -0.39 is 0 Å². The van der Waals surface area contributed by atoms with E-state index in [1.807, 2.05) is 0 Å². The Labute approximate surface area is 121 Å². The number of nitrogens with two attached hydrogens (primary N) is 1. The van der Waals surface area contributed by atoms with Crippen LogP contribution in [-0.2, 0) is 13.0 Å². The SMILES string of the molecule is NCc1snnc1-c1ccc2c(c1)Cc1ccccc1-2. The number of fused-ring (bicyclic) bond motifs is 3. The second-order valence-electron chi connectivity index (χ2n) is 4.95. The molecular weight excluding hydrogens is 266 g/mol. The number of aromatic nitrogens is 2. The molecule has 0 radical (unpaired) electrons. The van der Waals surface area contributed by atoms with E-state index in [2.05, 4.69) is 52.1 Å². The van der Waals surface area contributed by atoms with Gasteiger partial charge in [0.1, 0.15) is 5.69 Å². The largest absolute Gasteiger partial charge is 0.326 e. The van der Waals surface area contributed by atoms with E-state index >= 15 is 0 Å². The molecule has 1 aliphatic rings. The van der Waals surface area contributed by atoms with Crippen molar-refractivity contribution in [2.75, 3.05) is 0 Å². The monoisotopic (exact) mass is 279 g/mol.